The Morgan fingerprint density at radius 1 is 1.10 bits per heavy atom. The lowest BCUT2D eigenvalue weighted by molar-refractivity contribution is -0.113. The molecule has 3 rings (SSSR count). The first-order valence-electron chi connectivity index (χ1n) is 9.90. The first kappa shape index (κ1) is 21.9. The van der Waals surface area contributed by atoms with Crippen molar-refractivity contribution in [2.45, 2.75) is 45.8 Å². The molecule has 0 fully saturated rings. The molecule has 0 radical (unpaired) electrons. The second-order valence-electron chi connectivity index (χ2n) is 7.61. The van der Waals surface area contributed by atoms with Gasteiger partial charge in [0.1, 0.15) is 5.75 Å². The number of carbonyl (C=O) groups is 1. The molecule has 0 bridgehead atoms. The number of nitrogens with zero attached hydrogens (tertiary/aromatic N) is 3. The highest BCUT2D eigenvalue weighted by Crippen LogP contribution is 2.29. The summed E-state index contributed by atoms with van der Waals surface area (Å²) >= 11 is 1.39. The minimum Gasteiger partial charge on any atom is -0.497 e. The molecular weight excluding hydrogens is 396 g/mol. The van der Waals surface area contributed by atoms with Gasteiger partial charge in [0.25, 0.3) is 0 Å². The molecule has 7 heteroatoms. The maximum absolute atomic E-state index is 12.6. The molecular formula is C23H28N4O2S. The minimum absolute atomic E-state index is 0.0562. The van der Waals surface area contributed by atoms with Crippen LogP contribution >= 0.6 is 11.8 Å². The molecule has 1 aromatic heterocycles. The van der Waals surface area contributed by atoms with Crippen LogP contribution in [0.25, 0.3) is 11.4 Å². The zero-order valence-electron chi connectivity index (χ0n) is 18.3. The highest BCUT2D eigenvalue weighted by atomic mass is 32.2. The lowest BCUT2D eigenvalue weighted by Crippen LogP contribution is -2.16. The summed E-state index contributed by atoms with van der Waals surface area (Å²) in [6.45, 7) is 10.2. The molecule has 0 atom stereocenters. The van der Waals surface area contributed by atoms with E-state index in [0.29, 0.717) is 0 Å². The van der Waals surface area contributed by atoms with E-state index >= 15 is 0 Å². The van der Waals surface area contributed by atoms with Crippen LogP contribution in [0.3, 0.4) is 0 Å². The Bertz CT molecular complexity index is 1020. The van der Waals surface area contributed by atoms with E-state index in [0.717, 1.165) is 39.1 Å². The average Bonchev–Trinajstić information content (AvgIpc) is 3.13. The number of thioether (sulfide) groups is 1. The largest absolute Gasteiger partial charge is 0.497 e. The number of hydrogen-bond acceptors (Lipinski definition) is 5. The molecule has 2 aromatic carbocycles. The number of hydrogen-bond donors (Lipinski definition) is 1. The molecule has 1 N–H and O–H groups in total. The summed E-state index contributed by atoms with van der Waals surface area (Å²) in [7, 11) is 1.64. The van der Waals surface area contributed by atoms with E-state index in [4.69, 9.17) is 4.74 Å². The van der Waals surface area contributed by atoms with Crippen molar-refractivity contribution in [3.8, 4) is 17.1 Å². The molecule has 6 nitrogen and oxygen atoms in total. The zero-order chi connectivity index (χ0) is 21.8. The molecule has 0 aliphatic heterocycles. The van der Waals surface area contributed by atoms with E-state index < -0.39 is 0 Å². The van der Waals surface area contributed by atoms with Crippen molar-refractivity contribution in [1.82, 2.24) is 14.8 Å². The summed E-state index contributed by atoms with van der Waals surface area (Å²) in [4.78, 5) is 12.6. The normalized spacial score (nSPS) is 11.0. The maximum atomic E-state index is 12.6. The fourth-order valence-electron chi connectivity index (χ4n) is 3.46. The summed E-state index contributed by atoms with van der Waals surface area (Å²) in [5, 5.41) is 12.5. The van der Waals surface area contributed by atoms with Gasteiger partial charge < -0.3 is 10.1 Å². The predicted octanol–water partition coefficient (Wildman–Crippen LogP) is 5.19. The van der Waals surface area contributed by atoms with Crippen molar-refractivity contribution in [3.05, 3.63) is 53.1 Å². The van der Waals surface area contributed by atoms with E-state index in [1.54, 1.807) is 7.11 Å². The van der Waals surface area contributed by atoms with Crippen molar-refractivity contribution >= 4 is 23.4 Å². The van der Waals surface area contributed by atoms with Crippen LogP contribution in [0.2, 0.25) is 0 Å². The van der Waals surface area contributed by atoms with Crippen LogP contribution in [0, 0.1) is 20.8 Å². The quantitative estimate of drug-likeness (QED) is 0.529. The zero-order valence-corrected chi connectivity index (χ0v) is 19.1. The van der Waals surface area contributed by atoms with Crippen LogP contribution in [0.4, 0.5) is 5.69 Å². The topological polar surface area (TPSA) is 69.0 Å². The standard InChI is InChI=1S/C23H28N4O2S/c1-14(2)27-22(18-7-9-19(29-6)10-8-18)25-26-23(27)30-13-20(28)24-21-16(4)11-15(3)12-17(21)5/h7-12,14H,13H2,1-6H3,(H,24,28). The van der Waals surface area contributed by atoms with Crippen LogP contribution in [0.5, 0.6) is 5.75 Å². The molecule has 0 saturated carbocycles. The van der Waals surface area contributed by atoms with Gasteiger partial charge in [-0.2, -0.15) is 0 Å². The highest BCUT2D eigenvalue weighted by Gasteiger charge is 2.18. The summed E-state index contributed by atoms with van der Waals surface area (Å²) in [5.41, 5.74) is 5.17. The summed E-state index contributed by atoms with van der Waals surface area (Å²) < 4.78 is 7.29. The molecule has 1 amide bonds. The molecule has 0 aliphatic carbocycles. The highest BCUT2D eigenvalue weighted by molar-refractivity contribution is 7.99. The van der Waals surface area contributed by atoms with Gasteiger partial charge in [-0.25, -0.2) is 0 Å². The molecule has 158 valence electrons. The van der Waals surface area contributed by atoms with Crippen LogP contribution in [0.15, 0.2) is 41.6 Å². The molecule has 0 unspecified atom stereocenters. The van der Waals surface area contributed by atoms with Gasteiger partial charge >= 0.3 is 0 Å². The van der Waals surface area contributed by atoms with Crippen LogP contribution in [0.1, 0.15) is 36.6 Å². The van der Waals surface area contributed by atoms with Crippen LogP contribution < -0.4 is 10.1 Å². The number of rotatable bonds is 7. The van der Waals surface area contributed by atoms with Gasteiger partial charge in [0.05, 0.1) is 12.9 Å². The van der Waals surface area contributed by atoms with E-state index in [9.17, 15) is 4.79 Å². The first-order chi connectivity index (χ1) is 14.3. The third-order valence-corrected chi connectivity index (χ3v) is 5.75. The number of amides is 1. The van der Waals surface area contributed by atoms with Crippen molar-refractivity contribution < 1.29 is 9.53 Å². The molecule has 30 heavy (non-hydrogen) atoms. The smallest absolute Gasteiger partial charge is 0.234 e. The SMILES string of the molecule is COc1ccc(-c2nnc(SCC(=O)Nc3c(C)cc(C)cc3C)n2C(C)C)cc1. The van der Waals surface area contributed by atoms with E-state index in [-0.39, 0.29) is 17.7 Å². The van der Waals surface area contributed by atoms with Gasteiger partial charge in [0.2, 0.25) is 5.91 Å². The fourth-order valence-corrected chi connectivity index (χ4v) is 4.33. The van der Waals surface area contributed by atoms with Crippen LogP contribution in [-0.4, -0.2) is 33.5 Å². The van der Waals surface area contributed by atoms with Crippen molar-refractivity contribution in [2.24, 2.45) is 0 Å². The molecule has 3 aromatic rings. The van der Waals surface area contributed by atoms with Crippen LogP contribution in [-0.2, 0) is 4.79 Å². The second kappa shape index (κ2) is 9.34. The monoisotopic (exact) mass is 424 g/mol. The second-order valence-corrected chi connectivity index (χ2v) is 8.55. The lowest BCUT2D eigenvalue weighted by Gasteiger charge is -2.15. The first-order valence-corrected chi connectivity index (χ1v) is 10.9. The Hall–Kier alpha value is -2.80. The van der Waals surface area contributed by atoms with Crippen molar-refractivity contribution in [3.63, 3.8) is 0 Å². The number of anilines is 1. The Kier molecular flexibility index (Phi) is 6.82. The maximum Gasteiger partial charge on any atom is 0.234 e. The van der Waals surface area contributed by atoms with Gasteiger partial charge in [-0.15, -0.1) is 10.2 Å². The summed E-state index contributed by atoms with van der Waals surface area (Å²) in [6, 6.07) is 12.0. The molecule has 1 heterocycles. The number of aromatic nitrogens is 3. The average molecular weight is 425 g/mol. The number of benzene rings is 2. The summed E-state index contributed by atoms with van der Waals surface area (Å²) in [6.07, 6.45) is 0. The minimum atomic E-state index is -0.0562. The Morgan fingerprint density at radius 3 is 2.30 bits per heavy atom. The Morgan fingerprint density at radius 2 is 1.73 bits per heavy atom. The Balaban J connectivity index is 1.75. The van der Waals surface area contributed by atoms with E-state index in [2.05, 4.69) is 53.0 Å². The third kappa shape index (κ3) is 4.84. The predicted molar refractivity (Wildman–Crippen MR) is 122 cm³/mol. The Labute approximate surface area is 182 Å². The number of ether oxygens (including phenoxy) is 1. The van der Waals surface area contributed by atoms with Crippen molar-refractivity contribution in [2.75, 3.05) is 18.2 Å². The summed E-state index contributed by atoms with van der Waals surface area (Å²) in [5.74, 6) is 1.78. The van der Waals surface area contributed by atoms with Crippen molar-refractivity contribution in [1.29, 1.82) is 0 Å². The lowest BCUT2D eigenvalue weighted by atomic mass is 10.1. The van der Waals surface area contributed by atoms with Gasteiger partial charge in [0, 0.05) is 17.3 Å². The van der Waals surface area contributed by atoms with Gasteiger partial charge in [-0.05, 0) is 70.0 Å². The number of carbonyl (C=O) groups excluding carboxylic acids is 1. The van der Waals surface area contributed by atoms with Gasteiger partial charge in [-0.3, -0.25) is 9.36 Å². The van der Waals surface area contributed by atoms with E-state index in [1.165, 1.54) is 17.3 Å². The van der Waals surface area contributed by atoms with E-state index in [1.807, 2.05) is 38.1 Å². The number of nitrogens with one attached hydrogen (secondary N) is 1. The number of methoxy groups -OCH3 is 1. The third-order valence-electron chi connectivity index (χ3n) is 4.80. The van der Waals surface area contributed by atoms with Gasteiger partial charge in [-0.1, -0.05) is 29.5 Å². The fraction of sp³-hybridized carbons (Fsp3) is 0.348. The number of aryl methyl sites for hydroxylation is 3. The molecule has 0 spiro atoms. The molecule has 0 saturated heterocycles. The van der Waals surface area contributed by atoms with Gasteiger partial charge in [0.15, 0.2) is 11.0 Å². The molecule has 0 aliphatic rings.